The van der Waals surface area contributed by atoms with Crippen LogP contribution in [-0.2, 0) is 9.09 Å². The number of furan rings is 1. The Labute approximate surface area is 204 Å². The van der Waals surface area contributed by atoms with Gasteiger partial charge in [-0.15, -0.1) is 11.3 Å². The molecule has 2 aromatic carbocycles. The molecule has 1 N–H and O–H groups in total. The number of nitrogens with zero attached hydrogens (tertiary/aromatic N) is 1. The quantitative estimate of drug-likeness (QED) is 0.231. The van der Waals surface area contributed by atoms with E-state index in [2.05, 4.69) is 9.51 Å². The average Bonchev–Trinajstić information content (AvgIpc) is 3.51. The Morgan fingerprint density at radius 1 is 1.06 bits per heavy atom. The van der Waals surface area contributed by atoms with Crippen molar-refractivity contribution in [3.63, 3.8) is 0 Å². The minimum atomic E-state index is -4.48. The second-order valence-corrected chi connectivity index (χ2v) is 9.60. The molecule has 0 fully saturated rings. The third-order valence-corrected chi connectivity index (χ3v) is 6.86. The van der Waals surface area contributed by atoms with Crippen LogP contribution in [0.25, 0.3) is 21.7 Å². The van der Waals surface area contributed by atoms with E-state index in [-0.39, 0.29) is 34.2 Å². The summed E-state index contributed by atoms with van der Waals surface area (Å²) in [6.07, 6.45) is 1.58. The maximum atomic E-state index is 13.9. The van der Waals surface area contributed by atoms with E-state index >= 15 is 0 Å². The summed E-state index contributed by atoms with van der Waals surface area (Å²) < 4.78 is 44.2. The summed E-state index contributed by atoms with van der Waals surface area (Å²) >= 11 is 1.27. The maximum Gasteiger partial charge on any atom is 0.527 e. The zero-order chi connectivity index (χ0) is 25.3. The van der Waals surface area contributed by atoms with Gasteiger partial charge in [-0.05, 0) is 36.8 Å². The van der Waals surface area contributed by atoms with Crippen LogP contribution in [-0.4, -0.2) is 44.1 Å². The van der Waals surface area contributed by atoms with Crippen molar-refractivity contribution >= 4 is 35.9 Å². The first kappa shape index (κ1) is 24.7. The predicted molar refractivity (Wildman–Crippen MR) is 129 cm³/mol. The lowest BCUT2D eigenvalue weighted by atomic mass is 9.98. The van der Waals surface area contributed by atoms with Crippen molar-refractivity contribution in [3.8, 4) is 33.8 Å². The molecule has 35 heavy (non-hydrogen) atoms. The monoisotopic (exact) mass is 519 g/mol. The molecule has 0 saturated carbocycles. The van der Waals surface area contributed by atoms with Crippen LogP contribution >= 0.6 is 19.2 Å². The summed E-state index contributed by atoms with van der Waals surface area (Å²) in [5.74, 6) is 0.636. The molecule has 0 aliphatic rings. The number of methoxy groups -OCH3 is 3. The molecule has 4 aromatic rings. The van der Waals surface area contributed by atoms with E-state index in [4.69, 9.17) is 23.2 Å². The zero-order valence-electron chi connectivity index (χ0n) is 19.5. The number of benzene rings is 2. The summed E-state index contributed by atoms with van der Waals surface area (Å²) in [4.78, 5) is 28.1. The number of hydrogen-bond acceptors (Lipinski definition) is 10. The summed E-state index contributed by atoms with van der Waals surface area (Å²) in [6.45, 7) is 1.80. The van der Waals surface area contributed by atoms with Crippen LogP contribution < -0.4 is 18.7 Å². The fourth-order valence-electron chi connectivity index (χ4n) is 3.66. The van der Waals surface area contributed by atoms with Crippen LogP contribution in [0.15, 0.2) is 40.3 Å². The maximum absolute atomic E-state index is 13.9. The van der Waals surface area contributed by atoms with Crippen LogP contribution in [0.4, 0.5) is 0 Å². The molecule has 0 radical (unpaired) electrons. The topological polar surface area (TPSA) is 127 Å². The highest BCUT2D eigenvalue weighted by Gasteiger charge is 2.31. The lowest BCUT2D eigenvalue weighted by molar-refractivity contribution is 0.103. The highest BCUT2D eigenvalue weighted by Crippen LogP contribution is 2.51. The summed E-state index contributed by atoms with van der Waals surface area (Å²) in [7, 11) is 0.922. The van der Waals surface area contributed by atoms with Crippen LogP contribution in [0, 0.1) is 6.92 Å². The normalized spacial score (nSPS) is 12.9. The molecular formula is C23H22NO9PS. The molecule has 0 aliphatic heterocycles. The molecule has 0 spiro atoms. The molecule has 184 valence electrons. The zero-order valence-corrected chi connectivity index (χ0v) is 21.2. The number of phosphoric ester groups is 1. The fourth-order valence-corrected chi connectivity index (χ4v) is 4.76. The van der Waals surface area contributed by atoms with Gasteiger partial charge < -0.3 is 23.2 Å². The largest absolute Gasteiger partial charge is 0.527 e. The molecule has 0 amide bonds. The Hall–Kier alpha value is -3.37. The highest BCUT2D eigenvalue weighted by molar-refractivity contribution is 7.47. The summed E-state index contributed by atoms with van der Waals surface area (Å²) in [5, 5.41) is 2.51. The van der Waals surface area contributed by atoms with Crippen molar-refractivity contribution in [1.29, 1.82) is 0 Å². The van der Waals surface area contributed by atoms with E-state index in [0.29, 0.717) is 33.0 Å². The number of aromatic nitrogens is 1. The van der Waals surface area contributed by atoms with Gasteiger partial charge in [0, 0.05) is 29.6 Å². The molecule has 2 aromatic heterocycles. The number of phosphoric acid groups is 1. The summed E-state index contributed by atoms with van der Waals surface area (Å²) in [5.41, 5.74) is 1.25. The van der Waals surface area contributed by atoms with E-state index in [0.717, 1.165) is 7.11 Å². The van der Waals surface area contributed by atoms with Gasteiger partial charge in [0.2, 0.25) is 5.75 Å². The van der Waals surface area contributed by atoms with Crippen LogP contribution in [0.2, 0.25) is 0 Å². The molecule has 10 nitrogen and oxygen atoms in total. The Morgan fingerprint density at radius 3 is 2.40 bits per heavy atom. The van der Waals surface area contributed by atoms with Gasteiger partial charge in [-0.1, -0.05) is 0 Å². The van der Waals surface area contributed by atoms with E-state index in [9.17, 15) is 14.3 Å². The smallest absolute Gasteiger partial charge is 0.493 e. The molecule has 0 aliphatic carbocycles. The lowest BCUT2D eigenvalue weighted by Gasteiger charge is -2.13. The number of fused-ring (bicyclic) bond motifs is 1. The van der Waals surface area contributed by atoms with Crippen LogP contribution in [0.3, 0.4) is 0 Å². The van der Waals surface area contributed by atoms with Gasteiger partial charge in [0.1, 0.15) is 0 Å². The molecular weight excluding hydrogens is 497 g/mol. The van der Waals surface area contributed by atoms with E-state index in [1.165, 1.54) is 38.7 Å². The number of thiazole rings is 1. The van der Waals surface area contributed by atoms with Crippen molar-refractivity contribution in [3.05, 3.63) is 52.5 Å². The number of carbonyl (C=O) groups is 1. The number of carbonyl (C=O) groups excluding carboxylic acids is 1. The molecule has 1 atom stereocenters. The third kappa shape index (κ3) is 4.51. The molecule has 12 heteroatoms. The van der Waals surface area contributed by atoms with Gasteiger partial charge in [0.25, 0.3) is 0 Å². The Bertz CT molecular complexity index is 1450. The van der Waals surface area contributed by atoms with Crippen molar-refractivity contribution in [2.24, 2.45) is 0 Å². The van der Waals surface area contributed by atoms with E-state index in [1.54, 1.807) is 36.7 Å². The van der Waals surface area contributed by atoms with Crippen molar-refractivity contribution in [1.82, 2.24) is 4.98 Å². The van der Waals surface area contributed by atoms with Crippen molar-refractivity contribution < 1.29 is 41.9 Å². The number of hydrogen-bond donors (Lipinski definition) is 1. The number of ether oxygens (including phenoxy) is 3. The first-order chi connectivity index (χ1) is 16.7. The molecule has 0 saturated heterocycles. The molecule has 4 rings (SSSR count). The highest BCUT2D eigenvalue weighted by atomic mass is 32.1. The number of rotatable bonds is 9. The van der Waals surface area contributed by atoms with Crippen molar-refractivity contribution in [2.45, 2.75) is 6.92 Å². The number of ketones is 1. The SMILES string of the molecule is COc1cc(C(=O)c2c(-c3nccs3)oc3c(OP(=O)(O)OC)c(OC)ccc23)cc(C)c1OC. The molecule has 1 unspecified atom stereocenters. The third-order valence-electron chi connectivity index (χ3n) is 5.21. The van der Waals surface area contributed by atoms with Gasteiger partial charge in [0.15, 0.2) is 39.4 Å². The standard InChI is InChI=1S/C23H22NO9PS/c1-12-10-13(11-16(29-3)19(12)30-4)18(25)17-14-6-7-15(28-2)21(33-34(26,27)31-5)20(14)32-22(17)23-24-8-9-35-23/h6-11H,1-5H3,(H,26,27). The first-order valence-electron chi connectivity index (χ1n) is 10.1. The van der Waals surface area contributed by atoms with Gasteiger partial charge in [0.05, 0.1) is 26.9 Å². The van der Waals surface area contributed by atoms with Crippen molar-refractivity contribution in [2.75, 3.05) is 28.4 Å². The first-order valence-corrected chi connectivity index (χ1v) is 12.5. The predicted octanol–water partition coefficient (Wildman–Crippen LogP) is 5.25. The summed E-state index contributed by atoms with van der Waals surface area (Å²) in [6, 6.07) is 6.37. The fraction of sp³-hybridized carbons (Fsp3) is 0.217. The van der Waals surface area contributed by atoms with Gasteiger partial charge in [-0.2, -0.15) is 0 Å². The molecule has 0 bridgehead atoms. The van der Waals surface area contributed by atoms with Gasteiger partial charge >= 0.3 is 7.82 Å². The molecule has 2 heterocycles. The second-order valence-electron chi connectivity index (χ2n) is 7.22. The minimum Gasteiger partial charge on any atom is -0.493 e. The van der Waals surface area contributed by atoms with Gasteiger partial charge in [-0.25, -0.2) is 9.55 Å². The second kappa shape index (κ2) is 9.71. The van der Waals surface area contributed by atoms with Crippen LogP contribution in [0.5, 0.6) is 23.0 Å². The Balaban J connectivity index is 2.00. The van der Waals surface area contributed by atoms with E-state index in [1.807, 2.05) is 0 Å². The Morgan fingerprint density at radius 2 is 1.80 bits per heavy atom. The average molecular weight is 519 g/mol. The minimum absolute atomic E-state index is 0.0291. The van der Waals surface area contributed by atoms with Crippen LogP contribution in [0.1, 0.15) is 21.5 Å². The number of aryl methyl sites for hydroxylation is 1. The lowest BCUT2D eigenvalue weighted by Crippen LogP contribution is -2.05. The van der Waals surface area contributed by atoms with Gasteiger partial charge in [-0.3, -0.25) is 14.2 Å². The Kier molecular flexibility index (Phi) is 6.86. The van der Waals surface area contributed by atoms with E-state index < -0.39 is 7.82 Å².